The molecule has 0 bridgehead atoms. The lowest BCUT2D eigenvalue weighted by Crippen LogP contribution is -1.69. The van der Waals surface area contributed by atoms with E-state index in [2.05, 4.69) is 15.9 Å². The van der Waals surface area contributed by atoms with Crippen LogP contribution in [-0.2, 0) is 0 Å². The van der Waals surface area contributed by atoms with Crippen LogP contribution in [-0.4, -0.2) is 6.26 Å². The molecule has 0 aliphatic heterocycles. The fraction of sp³-hybridized carbons (Fsp3) is 0.333. The van der Waals surface area contributed by atoms with Crippen LogP contribution in [0.25, 0.3) is 0 Å². The zero-order valence-corrected chi connectivity index (χ0v) is 8.79. The maximum Gasteiger partial charge on any atom is 0.162 e. The lowest BCUT2D eigenvalue weighted by atomic mass is 10.5. The van der Waals surface area contributed by atoms with Gasteiger partial charge in [0.1, 0.15) is 0 Å². The Morgan fingerprint density at radius 3 is 2.40 bits per heavy atom. The molecular weight excluding hydrogens is 235 g/mol. The van der Waals surface area contributed by atoms with Gasteiger partial charge in [-0.3, -0.25) is 0 Å². The standard InChI is InChI=1S/C6H6BrFS2/c1-3-4(7)5(8)6(9-2)10-3/h1-2H3. The maximum atomic E-state index is 13.0. The third-order valence-electron chi connectivity index (χ3n) is 1.11. The Kier molecular flexibility index (Phi) is 2.77. The van der Waals surface area contributed by atoms with Crippen LogP contribution in [0.1, 0.15) is 4.88 Å². The molecule has 0 amide bonds. The number of thioether (sulfide) groups is 1. The molecule has 0 aromatic carbocycles. The number of hydrogen-bond donors (Lipinski definition) is 0. The Hall–Kier alpha value is 0.460. The summed E-state index contributed by atoms with van der Waals surface area (Å²) in [5, 5.41) is 0. The van der Waals surface area contributed by atoms with Gasteiger partial charge in [0.25, 0.3) is 0 Å². The van der Waals surface area contributed by atoms with Gasteiger partial charge in [0.15, 0.2) is 5.82 Å². The molecule has 0 atom stereocenters. The summed E-state index contributed by atoms with van der Waals surface area (Å²) >= 11 is 6.09. The highest BCUT2D eigenvalue weighted by Crippen LogP contribution is 2.36. The quantitative estimate of drug-likeness (QED) is 0.676. The van der Waals surface area contributed by atoms with Crippen LogP contribution in [0.4, 0.5) is 4.39 Å². The first-order valence-electron chi connectivity index (χ1n) is 2.65. The summed E-state index contributed by atoms with van der Waals surface area (Å²) in [5.74, 6) is -0.116. The van der Waals surface area contributed by atoms with Crippen molar-refractivity contribution < 1.29 is 4.39 Å². The number of rotatable bonds is 1. The van der Waals surface area contributed by atoms with E-state index in [0.29, 0.717) is 4.47 Å². The number of hydrogen-bond acceptors (Lipinski definition) is 2. The predicted octanol–water partition coefficient (Wildman–Crippen LogP) is 3.68. The Bertz CT molecular complexity index is 244. The second-order valence-corrected chi connectivity index (χ2v) is 4.87. The zero-order chi connectivity index (χ0) is 7.72. The Labute approximate surface area is 76.0 Å². The minimum Gasteiger partial charge on any atom is -0.204 e. The lowest BCUT2D eigenvalue weighted by Gasteiger charge is -1.85. The summed E-state index contributed by atoms with van der Waals surface area (Å²) in [6, 6.07) is 0. The third kappa shape index (κ3) is 1.38. The molecule has 0 fully saturated rings. The molecule has 1 aromatic rings. The Morgan fingerprint density at radius 1 is 1.60 bits per heavy atom. The van der Waals surface area contributed by atoms with Gasteiger partial charge in [0, 0.05) is 4.88 Å². The average molecular weight is 241 g/mol. The summed E-state index contributed by atoms with van der Waals surface area (Å²) < 4.78 is 14.3. The van der Waals surface area contributed by atoms with E-state index >= 15 is 0 Å². The van der Waals surface area contributed by atoms with Crippen LogP contribution < -0.4 is 0 Å². The largest absolute Gasteiger partial charge is 0.204 e. The minimum atomic E-state index is -0.116. The molecule has 0 aliphatic rings. The first kappa shape index (κ1) is 8.56. The van der Waals surface area contributed by atoms with Gasteiger partial charge in [-0.2, -0.15) is 0 Å². The van der Waals surface area contributed by atoms with Gasteiger partial charge in [-0.1, -0.05) is 0 Å². The van der Waals surface area contributed by atoms with Crippen LogP contribution in [0, 0.1) is 12.7 Å². The first-order chi connectivity index (χ1) is 4.66. The van der Waals surface area contributed by atoms with Crippen molar-refractivity contribution in [2.75, 3.05) is 6.26 Å². The first-order valence-corrected chi connectivity index (χ1v) is 5.48. The summed E-state index contributed by atoms with van der Waals surface area (Å²) in [6.45, 7) is 1.90. The van der Waals surface area contributed by atoms with Gasteiger partial charge >= 0.3 is 0 Å². The summed E-state index contributed by atoms with van der Waals surface area (Å²) in [7, 11) is 0. The van der Waals surface area contributed by atoms with Gasteiger partial charge in [-0.05, 0) is 29.1 Å². The molecule has 1 aromatic heterocycles. The molecule has 0 nitrogen and oxygen atoms in total. The van der Waals surface area contributed by atoms with Crippen molar-refractivity contribution in [1.29, 1.82) is 0 Å². The zero-order valence-electron chi connectivity index (χ0n) is 5.57. The van der Waals surface area contributed by atoms with Gasteiger partial charge in [-0.15, -0.1) is 23.1 Å². The van der Waals surface area contributed by atoms with Gasteiger partial charge < -0.3 is 0 Å². The minimum absolute atomic E-state index is 0.116. The van der Waals surface area contributed by atoms with Gasteiger partial charge in [0.05, 0.1) is 8.68 Å². The van der Waals surface area contributed by atoms with Crippen LogP contribution >= 0.6 is 39.0 Å². The van der Waals surface area contributed by atoms with E-state index in [1.165, 1.54) is 23.1 Å². The van der Waals surface area contributed by atoms with Crippen LogP contribution in [0.5, 0.6) is 0 Å². The van der Waals surface area contributed by atoms with Crippen LogP contribution in [0.3, 0.4) is 0 Å². The van der Waals surface area contributed by atoms with Gasteiger partial charge in [0.2, 0.25) is 0 Å². The molecule has 1 heterocycles. The lowest BCUT2D eigenvalue weighted by molar-refractivity contribution is 0.605. The SMILES string of the molecule is CSc1sc(C)c(Br)c1F. The molecule has 0 spiro atoms. The molecule has 4 heteroatoms. The van der Waals surface area contributed by atoms with E-state index in [1.807, 2.05) is 13.2 Å². The average Bonchev–Trinajstić information content (AvgIpc) is 2.17. The molecule has 0 saturated carbocycles. The van der Waals surface area contributed by atoms with E-state index in [9.17, 15) is 4.39 Å². The monoisotopic (exact) mass is 240 g/mol. The van der Waals surface area contributed by atoms with Crippen molar-refractivity contribution in [3.05, 3.63) is 15.2 Å². The summed E-state index contributed by atoms with van der Waals surface area (Å²) in [6.07, 6.45) is 1.88. The van der Waals surface area contributed by atoms with E-state index in [1.54, 1.807) is 0 Å². The van der Waals surface area contributed by atoms with Crippen LogP contribution in [0.15, 0.2) is 8.68 Å². The molecule has 56 valence electrons. The summed E-state index contributed by atoms with van der Waals surface area (Å²) in [4.78, 5) is 1.00. The highest BCUT2D eigenvalue weighted by atomic mass is 79.9. The van der Waals surface area contributed by atoms with E-state index in [0.717, 1.165) is 9.09 Å². The second kappa shape index (κ2) is 3.24. The molecule has 0 unspecified atom stereocenters. The fourth-order valence-electron chi connectivity index (χ4n) is 0.604. The van der Waals surface area contributed by atoms with E-state index < -0.39 is 0 Å². The highest BCUT2D eigenvalue weighted by molar-refractivity contribution is 9.10. The normalized spacial score (nSPS) is 10.4. The molecular formula is C6H6BrFS2. The number of aryl methyl sites for hydroxylation is 1. The van der Waals surface area contributed by atoms with Crippen LogP contribution in [0.2, 0.25) is 0 Å². The van der Waals surface area contributed by atoms with E-state index in [4.69, 9.17) is 0 Å². The smallest absolute Gasteiger partial charge is 0.162 e. The van der Waals surface area contributed by atoms with Crippen molar-refractivity contribution >= 4 is 39.0 Å². The molecule has 0 N–H and O–H groups in total. The van der Waals surface area contributed by atoms with Crippen molar-refractivity contribution in [2.24, 2.45) is 0 Å². The van der Waals surface area contributed by atoms with Gasteiger partial charge in [-0.25, -0.2) is 4.39 Å². The second-order valence-electron chi connectivity index (χ2n) is 1.78. The molecule has 0 radical (unpaired) electrons. The topological polar surface area (TPSA) is 0 Å². The predicted molar refractivity (Wildman–Crippen MR) is 48.5 cm³/mol. The number of thiophene rings is 1. The van der Waals surface area contributed by atoms with Crippen molar-refractivity contribution in [3.63, 3.8) is 0 Å². The van der Waals surface area contributed by atoms with Crippen molar-refractivity contribution in [2.45, 2.75) is 11.1 Å². The Balaban J connectivity index is 3.17. The van der Waals surface area contributed by atoms with Crippen molar-refractivity contribution in [1.82, 2.24) is 0 Å². The fourth-order valence-corrected chi connectivity index (χ4v) is 2.95. The maximum absolute atomic E-state index is 13.0. The number of halogens is 2. The molecule has 0 aliphatic carbocycles. The van der Waals surface area contributed by atoms with E-state index in [-0.39, 0.29) is 5.82 Å². The summed E-state index contributed by atoms with van der Waals surface area (Å²) in [5.41, 5.74) is 0. The molecule has 10 heavy (non-hydrogen) atoms. The molecule has 0 saturated heterocycles. The molecule has 1 rings (SSSR count). The highest BCUT2D eigenvalue weighted by Gasteiger charge is 2.11. The Morgan fingerprint density at radius 2 is 2.20 bits per heavy atom. The third-order valence-corrected chi connectivity index (χ3v) is 4.49. The van der Waals surface area contributed by atoms with Crippen molar-refractivity contribution in [3.8, 4) is 0 Å².